The first kappa shape index (κ1) is 29.2. The summed E-state index contributed by atoms with van der Waals surface area (Å²) < 4.78 is 11.0. The van der Waals surface area contributed by atoms with E-state index in [1.54, 1.807) is 11.9 Å². The van der Waals surface area contributed by atoms with Crippen LogP contribution in [0.4, 0.5) is 4.79 Å². The van der Waals surface area contributed by atoms with Crippen LogP contribution >= 0.6 is 24.0 Å². The molecular formula is C21H44IN5O3. The molecule has 2 N–H and O–H groups in total. The standard InChI is InChI=1S/C21H43N5O3.HI/c1-18(2)17-28-16-8-10-24-19(22-6)23-9-7-11-25-12-14-26(15-13-25)20(27)29-21(3,4)5;/h18H,7-17H2,1-6H3,(H2,22,23,24);1H. The van der Waals surface area contributed by atoms with Crippen LogP contribution in [0, 0.1) is 5.92 Å². The molecule has 0 radical (unpaired) electrons. The third-order valence-corrected chi connectivity index (χ3v) is 4.40. The molecule has 0 aromatic heterocycles. The van der Waals surface area contributed by atoms with Gasteiger partial charge in [-0.3, -0.25) is 9.89 Å². The maximum Gasteiger partial charge on any atom is 0.410 e. The van der Waals surface area contributed by atoms with Crippen LogP contribution in [0.1, 0.15) is 47.5 Å². The van der Waals surface area contributed by atoms with Crippen molar-refractivity contribution in [3.05, 3.63) is 0 Å². The fourth-order valence-corrected chi connectivity index (χ4v) is 2.91. The van der Waals surface area contributed by atoms with Crippen LogP contribution in [0.25, 0.3) is 0 Å². The van der Waals surface area contributed by atoms with Crippen LogP contribution < -0.4 is 10.6 Å². The molecule has 0 bridgehead atoms. The third kappa shape index (κ3) is 14.2. The number of nitrogens with zero attached hydrogens (tertiary/aromatic N) is 3. The van der Waals surface area contributed by atoms with Crippen LogP contribution in [-0.4, -0.2) is 93.5 Å². The van der Waals surface area contributed by atoms with Gasteiger partial charge in [-0.1, -0.05) is 13.8 Å². The lowest BCUT2D eigenvalue weighted by atomic mass is 10.2. The number of aliphatic imine (C=N–C) groups is 1. The first-order valence-corrected chi connectivity index (χ1v) is 10.9. The van der Waals surface area contributed by atoms with Gasteiger partial charge < -0.3 is 25.0 Å². The normalized spacial score (nSPS) is 15.7. The van der Waals surface area contributed by atoms with Gasteiger partial charge in [0.2, 0.25) is 0 Å². The van der Waals surface area contributed by atoms with Gasteiger partial charge in [-0.15, -0.1) is 24.0 Å². The summed E-state index contributed by atoms with van der Waals surface area (Å²) in [6.45, 7) is 17.6. The van der Waals surface area contributed by atoms with E-state index in [9.17, 15) is 4.79 Å². The zero-order valence-corrected chi connectivity index (χ0v) is 22.2. The van der Waals surface area contributed by atoms with Crippen molar-refractivity contribution in [1.29, 1.82) is 0 Å². The minimum Gasteiger partial charge on any atom is -0.444 e. The van der Waals surface area contributed by atoms with Gasteiger partial charge in [0.15, 0.2) is 5.96 Å². The molecule has 30 heavy (non-hydrogen) atoms. The Morgan fingerprint density at radius 1 is 1.07 bits per heavy atom. The number of carbonyl (C=O) groups is 1. The Balaban J connectivity index is 0.00000841. The summed E-state index contributed by atoms with van der Waals surface area (Å²) in [5.74, 6) is 1.42. The minimum atomic E-state index is -0.437. The van der Waals surface area contributed by atoms with Crippen molar-refractivity contribution in [1.82, 2.24) is 20.4 Å². The molecule has 1 aliphatic rings. The number of piperazine rings is 1. The number of hydrogen-bond donors (Lipinski definition) is 2. The first-order valence-electron chi connectivity index (χ1n) is 10.9. The largest absolute Gasteiger partial charge is 0.444 e. The summed E-state index contributed by atoms with van der Waals surface area (Å²) in [6.07, 6.45) is 1.79. The van der Waals surface area contributed by atoms with Crippen molar-refractivity contribution in [2.24, 2.45) is 10.9 Å². The molecule has 0 aromatic carbocycles. The lowest BCUT2D eigenvalue weighted by Gasteiger charge is -2.35. The van der Waals surface area contributed by atoms with Crippen LogP contribution in [0.2, 0.25) is 0 Å². The van der Waals surface area contributed by atoms with Crippen LogP contribution in [-0.2, 0) is 9.47 Å². The third-order valence-electron chi connectivity index (χ3n) is 4.40. The lowest BCUT2D eigenvalue weighted by Crippen LogP contribution is -2.50. The van der Waals surface area contributed by atoms with Crippen molar-refractivity contribution >= 4 is 36.0 Å². The zero-order chi connectivity index (χ0) is 21.7. The smallest absolute Gasteiger partial charge is 0.410 e. The fraction of sp³-hybridized carbons (Fsp3) is 0.905. The maximum absolute atomic E-state index is 12.1. The molecule has 0 saturated carbocycles. The van der Waals surface area contributed by atoms with Crippen molar-refractivity contribution < 1.29 is 14.3 Å². The van der Waals surface area contributed by atoms with Crippen molar-refractivity contribution in [2.45, 2.75) is 53.1 Å². The van der Waals surface area contributed by atoms with Crippen molar-refractivity contribution in [2.75, 3.05) is 66.1 Å². The number of carbonyl (C=O) groups excluding carboxylic acids is 1. The van der Waals surface area contributed by atoms with Crippen molar-refractivity contribution in [3.8, 4) is 0 Å². The van der Waals surface area contributed by atoms with E-state index in [1.807, 2.05) is 20.8 Å². The highest BCUT2D eigenvalue weighted by Crippen LogP contribution is 2.11. The molecule has 1 saturated heterocycles. The monoisotopic (exact) mass is 541 g/mol. The van der Waals surface area contributed by atoms with E-state index >= 15 is 0 Å². The lowest BCUT2D eigenvalue weighted by molar-refractivity contribution is 0.0145. The number of hydrogen-bond acceptors (Lipinski definition) is 5. The average molecular weight is 542 g/mol. The van der Waals surface area contributed by atoms with E-state index in [0.717, 1.165) is 77.8 Å². The Bertz CT molecular complexity index is 490. The molecule has 0 spiro atoms. The number of amides is 1. The molecule has 0 atom stereocenters. The van der Waals surface area contributed by atoms with Crippen LogP contribution in [0.5, 0.6) is 0 Å². The van der Waals surface area contributed by atoms with E-state index in [0.29, 0.717) is 5.92 Å². The van der Waals surface area contributed by atoms with Gasteiger partial charge in [0.25, 0.3) is 0 Å². The summed E-state index contributed by atoms with van der Waals surface area (Å²) in [5, 5.41) is 6.68. The molecule has 1 amide bonds. The predicted octanol–water partition coefficient (Wildman–Crippen LogP) is 2.77. The number of rotatable bonds is 10. The second-order valence-corrected chi connectivity index (χ2v) is 8.91. The van der Waals surface area contributed by atoms with Gasteiger partial charge in [-0.05, 0) is 46.1 Å². The summed E-state index contributed by atoms with van der Waals surface area (Å²) in [4.78, 5) is 20.6. The number of halogens is 1. The van der Waals surface area contributed by atoms with Gasteiger partial charge in [-0.2, -0.15) is 0 Å². The molecule has 8 nitrogen and oxygen atoms in total. The zero-order valence-electron chi connectivity index (χ0n) is 19.8. The summed E-state index contributed by atoms with van der Waals surface area (Å²) in [6, 6.07) is 0. The molecule has 1 fully saturated rings. The topological polar surface area (TPSA) is 78.4 Å². The van der Waals surface area contributed by atoms with E-state index < -0.39 is 5.60 Å². The van der Waals surface area contributed by atoms with E-state index in [4.69, 9.17) is 9.47 Å². The van der Waals surface area contributed by atoms with Gasteiger partial charge in [0.1, 0.15) is 5.60 Å². The van der Waals surface area contributed by atoms with Crippen LogP contribution in [0.15, 0.2) is 4.99 Å². The second kappa shape index (κ2) is 15.9. The van der Waals surface area contributed by atoms with Crippen LogP contribution in [0.3, 0.4) is 0 Å². The maximum atomic E-state index is 12.1. The molecule has 0 unspecified atom stereocenters. The molecule has 9 heteroatoms. The van der Waals surface area contributed by atoms with Gasteiger partial charge in [0.05, 0.1) is 0 Å². The minimum absolute atomic E-state index is 0. The van der Waals surface area contributed by atoms with Gasteiger partial charge in [0, 0.05) is 59.5 Å². The molecule has 1 aliphatic heterocycles. The molecule has 0 aliphatic carbocycles. The molecular weight excluding hydrogens is 497 g/mol. The van der Waals surface area contributed by atoms with Gasteiger partial charge >= 0.3 is 6.09 Å². The number of nitrogens with one attached hydrogen (secondary N) is 2. The average Bonchev–Trinajstić information content (AvgIpc) is 2.65. The second-order valence-electron chi connectivity index (χ2n) is 8.91. The van der Waals surface area contributed by atoms with E-state index in [2.05, 4.69) is 34.4 Å². The van der Waals surface area contributed by atoms with E-state index in [1.165, 1.54) is 0 Å². The Morgan fingerprint density at radius 2 is 1.67 bits per heavy atom. The first-order chi connectivity index (χ1) is 13.7. The highest BCUT2D eigenvalue weighted by molar-refractivity contribution is 14.0. The number of ether oxygens (including phenoxy) is 2. The summed E-state index contributed by atoms with van der Waals surface area (Å²) in [5.41, 5.74) is -0.437. The summed E-state index contributed by atoms with van der Waals surface area (Å²) in [7, 11) is 1.79. The highest BCUT2D eigenvalue weighted by Gasteiger charge is 2.25. The SMILES string of the molecule is CN=C(NCCCOCC(C)C)NCCCN1CCN(C(=O)OC(C)(C)C)CC1.I. The Kier molecular flexibility index (Phi) is 15.5. The summed E-state index contributed by atoms with van der Waals surface area (Å²) >= 11 is 0. The Morgan fingerprint density at radius 3 is 2.20 bits per heavy atom. The highest BCUT2D eigenvalue weighted by atomic mass is 127. The van der Waals surface area contributed by atoms with E-state index in [-0.39, 0.29) is 30.1 Å². The molecule has 178 valence electrons. The van der Waals surface area contributed by atoms with Crippen molar-refractivity contribution in [3.63, 3.8) is 0 Å². The molecule has 1 heterocycles. The molecule has 0 aromatic rings. The Hall–Kier alpha value is -0.810. The predicted molar refractivity (Wildman–Crippen MR) is 134 cm³/mol. The van der Waals surface area contributed by atoms with Gasteiger partial charge in [-0.25, -0.2) is 4.79 Å². The quantitative estimate of drug-likeness (QED) is 0.192. The Labute approximate surface area is 200 Å². The number of guanidine groups is 1. The fourth-order valence-electron chi connectivity index (χ4n) is 2.91. The molecule has 1 rings (SSSR count).